The summed E-state index contributed by atoms with van der Waals surface area (Å²) >= 11 is 0. The molecule has 2 nitrogen and oxygen atoms in total. The molecule has 0 spiro atoms. The van der Waals surface area contributed by atoms with Crippen molar-refractivity contribution in [3.63, 3.8) is 0 Å². The van der Waals surface area contributed by atoms with Crippen LogP contribution in [0.4, 0.5) is 0 Å². The van der Waals surface area contributed by atoms with E-state index in [0.717, 1.165) is 11.1 Å². The van der Waals surface area contributed by atoms with Crippen LogP contribution in [0.3, 0.4) is 0 Å². The molecule has 2 heteroatoms. The highest BCUT2D eigenvalue weighted by Crippen LogP contribution is 2.33. The zero-order valence-corrected chi connectivity index (χ0v) is 11.7. The standard InChI is InChI=1S/C15H24O2/c1-10(2)11-7-8-12(14(3,4)16)13(9-11)15(5,6)17/h7-10,16-17H,1-6H3. The second-order valence-electron chi connectivity index (χ2n) is 6.08. The molecule has 0 fully saturated rings. The van der Waals surface area contributed by atoms with Crippen LogP contribution in [0.1, 0.15) is 64.2 Å². The first kappa shape index (κ1) is 14.2. The number of hydrogen-bond acceptors (Lipinski definition) is 2. The van der Waals surface area contributed by atoms with Gasteiger partial charge in [-0.2, -0.15) is 0 Å². The van der Waals surface area contributed by atoms with Crippen LogP contribution in [0.5, 0.6) is 0 Å². The molecule has 0 aliphatic carbocycles. The van der Waals surface area contributed by atoms with E-state index >= 15 is 0 Å². The molecule has 0 unspecified atom stereocenters. The van der Waals surface area contributed by atoms with Crippen molar-refractivity contribution in [1.82, 2.24) is 0 Å². The monoisotopic (exact) mass is 236 g/mol. The molecule has 1 aromatic rings. The summed E-state index contributed by atoms with van der Waals surface area (Å²) in [5.41, 5.74) is 0.881. The quantitative estimate of drug-likeness (QED) is 0.845. The average molecular weight is 236 g/mol. The summed E-state index contributed by atoms with van der Waals surface area (Å²) in [5, 5.41) is 20.4. The van der Waals surface area contributed by atoms with Crippen LogP contribution in [0.25, 0.3) is 0 Å². The molecular formula is C15H24O2. The number of benzene rings is 1. The van der Waals surface area contributed by atoms with Gasteiger partial charge in [-0.25, -0.2) is 0 Å². The third-order valence-corrected chi connectivity index (χ3v) is 3.03. The highest BCUT2D eigenvalue weighted by atomic mass is 16.3. The largest absolute Gasteiger partial charge is 0.386 e. The lowest BCUT2D eigenvalue weighted by Gasteiger charge is -2.29. The molecule has 2 N–H and O–H groups in total. The minimum atomic E-state index is -0.944. The summed E-state index contributed by atoms with van der Waals surface area (Å²) in [6, 6.07) is 5.94. The minimum Gasteiger partial charge on any atom is -0.386 e. The molecule has 0 saturated carbocycles. The normalized spacial score (nSPS) is 13.2. The van der Waals surface area contributed by atoms with E-state index < -0.39 is 11.2 Å². The maximum Gasteiger partial charge on any atom is 0.0844 e. The highest BCUT2D eigenvalue weighted by Gasteiger charge is 2.28. The first-order chi connectivity index (χ1) is 7.53. The maximum atomic E-state index is 10.2. The second kappa shape index (κ2) is 4.43. The van der Waals surface area contributed by atoms with E-state index in [4.69, 9.17) is 0 Å². The van der Waals surface area contributed by atoms with Gasteiger partial charge >= 0.3 is 0 Å². The molecule has 0 aliphatic heterocycles. The molecule has 0 aromatic heterocycles. The summed E-state index contributed by atoms with van der Waals surface area (Å²) in [6.45, 7) is 11.2. The molecule has 96 valence electrons. The van der Waals surface area contributed by atoms with Gasteiger partial charge in [-0.15, -0.1) is 0 Å². The summed E-state index contributed by atoms with van der Waals surface area (Å²) < 4.78 is 0. The lowest BCUT2D eigenvalue weighted by atomic mass is 9.83. The first-order valence-electron chi connectivity index (χ1n) is 6.13. The molecule has 0 saturated heterocycles. The summed E-state index contributed by atoms with van der Waals surface area (Å²) in [6.07, 6.45) is 0. The van der Waals surface area contributed by atoms with Gasteiger partial charge < -0.3 is 10.2 Å². The van der Waals surface area contributed by atoms with Crippen molar-refractivity contribution in [3.05, 3.63) is 34.9 Å². The fourth-order valence-corrected chi connectivity index (χ4v) is 1.96. The van der Waals surface area contributed by atoms with E-state index in [1.54, 1.807) is 27.7 Å². The van der Waals surface area contributed by atoms with Gasteiger partial charge in [-0.3, -0.25) is 0 Å². The molecular weight excluding hydrogens is 212 g/mol. The Morgan fingerprint density at radius 3 is 1.71 bits per heavy atom. The molecule has 0 atom stereocenters. The maximum absolute atomic E-state index is 10.2. The Bertz CT molecular complexity index is 392. The Hall–Kier alpha value is -0.860. The van der Waals surface area contributed by atoms with Crippen LogP contribution in [-0.2, 0) is 11.2 Å². The van der Waals surface area contributed by atoms with Gasteiger partial charge in [-0.1, -0.05) is 32.0 Å². The molecule has 0 heterocycles. The lowest BCUT2D eigenvalue weighted by Crippen LogP contribution is -2.26. The average Bonchev–Trinajstić information content (AvgIpc) is 2.14. The third kappa shape index (κ3) is 3.30. The predicted octanol–water partition coefficient (Wildman–Crippen LogP) is 3.26. The fraction of sp³-hybridized carbons (Fsp3) is 0.600. The van der Waals surface area contributed by atoms with Gasteiger partial charge in [0.1, 0.15) is 0 Å². The lowest BCUT2D eigenvalue weighted by molar-refractivity contribution is 0.0523. The summed E-state index contributed by atoms with van der Waals surface area (Å²) in [4.78, 5) is 0. The van der Waals surface area contributed by atoms with E-state index in [1.165, 1.54) is 5.56 Å². The van der Waals surface area contributed by atoms with Crippen molar-refractivity contribution >= 4 is 0 Å². The molecule has 0 radical (unpaired) electrons. The second-order valence-corrected chi connectivity index (χ2v) is 6.08. The van der Waals surface area contributed by atoms with Crippen LogP contribution in [0.15, 0.2) is 18.2 Å². The van der Waals surface area contributed by atoms with E-state index in [2.05, 4.69) is 13.8 Å². The van der Waals surface area contributed by atoms with Crippen LogP contribution < -0.4 is 0 Å². The van der Waals surface area contributed by atoms with Gasteiger partial charge in [0.15, 0.2) is 0 Å². The Balaban J connectivity index is 3.43. The Morgan fingerprint density at radius 2 is 1.35 bits per heavy atom. The number of rotatable bonds is 3. The van der Waals surface area contributed by atoms with Crippen molar-refractivity contribution in [2.24, 2.45) is 0 Å². The van der Waals surface area contributed by atoms with E-state index in [0.29, 0.717) is 5.92 Å². The Kier molecular flexibility index (Phi) is 3.70. The van der Waals surface area contributed by atoms with Crippen LogP contribution in [-0.4, -0.2) is 10.2 Å². The number of aliphatic hydroxyl groups is 2. The Morgan fingerprint density at radius 1 is 0.882 bits per heavy atom. The van der Waals surface area contributed by atoms with Crippen molar-refractivity contribution in [3.8, 4) is 0 Å². The third-order valence-electron chi connectivity index (χ3n) is 3.03. The predicted molar refractivity (Wildman–Crippen MR) is 71.0 cm³/mol. The minimum absolute atomic E-state index is 0.409. The molecule has 0 bridgehead atoms. The summed E-state index contributed by atoms with van der Waals surface area (Å²) in [5.74, 6) is 0.409. The topological polar surface area (TPSA) is 40.5 Å². The molecule has 0 amide bonds. The van der Waals surface area contributed by atoms with Crippen LogP contribution in [0, 0.1) is 0 Å². The van der Waals surface area contributed by atoms with Crippen LogP contribution >= 0.6 is 0 Å². The van der Waals surface area contributed by atoms with E-state index in [9.17, 15) is 10.2 Å². The van der Waals surface area contributed by atoms with Gasteiger partial charge in [0.25, 0.3) is 0 Å². The van der Waals surface area contributed by atoms with E-state index in [-0.39, 0.29) is 0 Å². The molecule has 1 rings (SSSR count). The van der Waals surface area contributed by atoms with Crippen molar-refractivity contribution in [1.29, 1.82) is 0 Å². The van der Waals surface area contributed by atoms with Crippen molar-refractivity contribution in [2.45, 2.75) is 58.7 Å². The zero-order valence-electron chi connectivity index (χ0n) is 11.7. The molecule has 0 aliphatic rings. The highest BCUT2D eigenvalue weighted by molar-refractivity contribution is 5.39. The van der Waals surface area contributed by atoms with Crippen molar-refractivity contribution < 1.29 is 10.2 Å². The van der Waals surface area contributed by atoms with Crippen molar-refractivity contribution in [2.75, 3.05) is 0 Å². The SMILES string of the molecule is CC(C)c1ccc(C(C)(C)O)c(C(C)(C)O)c1. The summed E-state index contributed by atoms with van der Waals surface area (Å²) in [7, 11) is 0. The molecule has 1 aromatic carbocycles. The van der Waals surface area contributed by atoms with Gasteiger partial charge in [0.2, 0.25) is 0 Å². The first-order valence-corrected chi connectivity index (χ1v) is 6.13. The number of hydrogen-bond donors (Lipinski definition) is 2. The smallest absolute Gasteiger partial charge is 0.0844 e. The fourth-order valence-electron chi connectivity index (χ4n) is 1.96. The van der Waals surface area contributed by atoms with Gasteiger partial charge in [-0.05, 0) is 50.3 Å². The Labute approximate surface area is 104 Å². The van der Waals surface area contributed by atoms with Gasteiger partial charge in [0.05, 0.1) is 11.2 Å². The zero-order chi connectivity index (χ0) is 13.4. The molecule has 17 heavy (non-hydrogen) atoms. The van der Waals surface area contributed by atoms with Gasteiger partial charge in [0, 0.05) is 0 Å². The van der Waals surface area contributed by atoms with E-state index in [1.807, 2.05) is 18.2 Å². The van der Waals surface area contributed by atoms with Crippen LogP contribution in [0.2, 0.25) is 0 Å².